The summed E-state index contributed by atoms with van der Waals surface area (Å²) in [7, 11) is 0. The van der Waals surface area contributed by atoms with Gasteiger partial charge in [-0.15, -0.1) is 0 Å². The van der Waals surface area contributed by atoms with Crippen molar-refractivity contribution < 1.29 is 4.92 Å². The number of thioether (sulfide) groups is 1. The van der Waals surface area contributed by atoms with E-state index in [1.54, 1.807) is 12.1 Å². The summed E-state index contributed by atoms with van der Waals surface area (Å²) in [6.07, 6.45) is 0. The fourth-order valence-corrected chi connectivity index (χ4v) is 3.55. The van der Waals surface area contributed by atoms with Crippen LogP contribution in [0.4, 0.5) is 11.4 Å². The zero-order chi connectivity index (χ0) is 14.5. The van der Waals surface area contributed by atoms with Crippen LogP contribution >= 0.6 is 11.8 Å². The van der Waals surface area contributed by atoms with Gasteiger partial charge < -0.3 is 5.32 Å². The maximum atomic E-state index is 11.2. The third kappa shape index (κ3) is 3.43. The molecule has 1 unspecified atom stereocenters. The molecule has 0 amide bonds. The second-order valence-electron chi connectivity index (χ2n) is 4.99. The molecule has 0 saturated carbocycles. The molecule has 1 N–H and O–H groups in total. The molecule has 1 heterocycles. The Labute approximate surface area is 123 Å². The number of nitro groups is 1. The lowest BCUT2D eigenvalue weighted by molar-refractivity contribution is -0.384. The number of para-hydroxylation sites is 1. The van der Waals surface area contributed by atoms with Gasteiger partial charge in [0, 0.05) is 43.2 Å². The Morgan fingerprint density at radius 3 is 3.00 bits per heavy atom. The van der Waals surface area contributed by atoms with Crippen LogP contribution in [0.2, 0.25) is 0 Å². The van der Waals surface area contributed by atoms with Crippen LogP contribution in [0, 0.1) is 10.1 Å². The first-order chi connectivity index (χ1) is 9.63. The van der Waals surface area contributed by atoms with Crippen molar-refractivity contribution in [1.82, 2.24) is 4.90 Å². The first-order valence-corrected chi connectivity index (χ1v) is 8.11. The summed E-state index contributed by atoms with van der Waals surface area (Å²) in [6, 6.07) is 5.84. The molecule has 5 nitrogen and oxygen atoms in total. The van der Waals surface area contributed by atoms with Gasteiger partial charge in [-0.1, -0.05) is 12.1 Å². The summed E-state index contributed by atoms with van der Waals surface area (Å²) >= 11 is 1.97. The van der Waals surface area contributed by atoms with E-state index < -0.39 is 0 Å². The van der Waals surface area contributed by atoms with Crippen molar-refractivity contribution in [2.45, 2.75) is 26.4 Å². The summed E-state index contributed by atoms with van der Waals surface area (Å²) in [5.41, 5.74) is 1.86. The lowest BCUT2D eigenvalue weighted by atomic mass is 10.1. The molecule has 110 valence electrons. The van der Waals surface area contributed by atoms with Crippen molar-refractivity contribution in [3.8, 4) is 0 Å². The van der Waals surface area contributed by atoms with Crippen LogP contribution < -0.4 is 5.32 Å². The number of anilines is 1. The van der Waals surface area contributed by atoms with Crippen molar-refractivity contribution in [3.63, 3.8) is 0 Å². The molecule has 0 spiro atoms. The van der Waals surface area contributed by atoms with E-state index in [2.05, 4.69) is 17.1 Å². The molecule has 1 fully saturated rings. The Hall–Kier alpha value is -1.27. The Balaban J connectivity index is 2.25. The molecule has 0 aromatic heterocycles. The fraction of sp³-hybridized carbons (Fsp3) is 0.571. The monoisotopic (exact) mass is 295 g/mol. The van der Waals surface area contributed by atoms with Gasteiger partial charge in [-0.2, -0.15) is 11.8 Å². The maximum absolute atomic E-state index is 11.2. The van der Waals surface area contributed by atoms with Gasteiger partial charge in [0.25, 0.3) is 5.69 Å². The second-order valence-corrected chi connectivity index (χ2v) is 6.14. The molecule has 6 heteroatoms. The van der Waals surface area contributed by atoms with Crippen LogP contribution in [0.25, 0.3) is 0 Å². The Bertz CT molecular complexity index is 481. The van der Waals surface area contributed by atoms with Gasteiger partial charge in [-0.05, 0) is 19.4 Å². The molecule has 1 aromatic rings. The number of nitro benzene ring substituents is 1. The van der Waals surface area contributed by atoms with Gasteiger partial charge in [0.2, 0.25) is 0 Å². The molecule has 2 rings (SSSR count). The van der Waals surface area contributed by atoms with E-state index in [1.807, 2.05) is 24.8 Å². The average molecular weight is 295 g/mol. The number of nitrogens with one attached hydrogen (secondary N) is 1. The SMILES string of the molecule is CCNc1c(CN2CCSCC2C)cccc1[N+](=O)[O-]. The molecule has 1 aromatic carbocycles. The lowest BCUT2D eigenvalue weighted by Crippen LogP contribution is -2.39. The number of benzene rings is 1. The van der Waals surface area contributed by atoms with E-state index in [4.69, 9.17) is 0 Å². The fourth-order valence-electron chi connectivity index (χ4n) is 2.47. The summed E-state index contributed by atoms with van der Waals surface area (Å²) < 4.78 is 0. The maximum Gasteiger partial charge on any atom is 0.292 e. The standard InChI is InChI=1S/C14H21N3O2S/c1-3-15-14-12(5-4-6-13(14)17(18)19)9-16-7-8-20-10-11(16)2/h4-6,11,15H,3,7-10H2,1-2H3. The third-order valence-corrected chi connectivity index (χ3v) is 4.75. The van der Waals surface area contributed by atoms with Crippen molar-refractivity contribution in [1.29, 1.82) is 0 Å². The summed E-state index contributed by atoms with van der Waals surface area (Å²) in [5.74, 6) is 2.27. The van der Waals surface area contributed by atoms with Crippen molar-refractivity contribution in [3.05, 3.63) is 33.9 Å². The van der Waals surface area contributed by atoms with E-state index in [-0.39, 0.29) is 10.6 Å². The molecular weight excluding hydrogens is 274 g/mol. The number of rotatable bonds is 5. The second kappa shape index (κ2) is 6.95. The van der Waals surface area contributed by atoms with E-state index in [9.17, 15) is 10.1 Å². The normalized spacial score (nSPS) is 19.8. The Morgan fingerprint density at radius 1 is 1.55 bits per heavy atom. The number of hydrogen-bond acceptors (Lipinski definition) is 5. The predicted molar refractivity (Wildman–Crippen MR) is 84.5 cm³/mol. The summed E-state index contributed by atoms with van der Waals surface area (Å²) in [5, 5.41) is 14.3. The zero-order valence-electron chi connectivity index (χ0n) is 12.0. The minimum absolute atomic E-state index is 0.170. The minimum Gasteiger partial charge on any atom is -0.380 e. The molecule has 20 heavy (non-hydrogen) atoms. The zero-order valence-corrected chi connectivity index (χ0v) is 12.8. The molecule has 0 bridgehead atoms. The van der Waals surface area contributed by atoms with Crippen molar-refractivity contribution in [2.24, 2.45) is 0 Å². The van der Waals surface area contributed by atoms with Crippen molar-refractivity contribution >= 4 is 23.1 Å². The van der Waals surface area contributed by atoms with Crippen LogP contribution in [0.3, 0.4) is 0 Å². The highest BCUT2D eigenvalue weighted by Crippen LogP contribution is 2.30. The van der Waals surface area contributed by atoms with Gasteiger partial charge >= 0.3 is 0 Å². The molecule has 1 aliphatic heterocycles. The van der Waals surface area contributed by atoms with E-state index in [0.29, 0.717) is 18.3 Å². The van der Waals surface area contributed by atoms with Gasteiger partial charge in [-0.25, -0.2) is 0 Å². The molecule has 1 atom stereocenters. The van der Waals surface area contributed by atoms with Crippen LogP contribution in [-0.4, -0.2) is 40.5 Å². The molecule has 1 aliphatic rings. The highest BCUT2D eigenvalue weighted by atomic mass is 32.2. The first kappa shape index (κ1) is 15.1. The molecular formula is C14H21N3O2S. The summed E-state index contributed by atoms with van der Waals surface area (Å²) in [6.45, 7) is 6.67. The van der Waals surface area contributed by atoms with Gasteiger partial charge in [0.15, 0.2) is 0 Å². The third-order valence-electron chi connectivity index (χ3n) is 3.56. The first-order valence-electron chi connectivity index (χ1n) is 6.95. The molecule has 0 aliphatic carbocycles. The van der Waals surface area contributed by atoms with Crippen LogP contribution in [-0.2, 0) is 6.54 Å². The average Bonchev–Trinajstić information content (AvgIpc) is 2.43. The van der Waals surface area contributed by atoms with Gasteiger partial charge in [0.1, 0.15) is 5.69 Å². The van der Waals surface area contributed by atoms with Crippen LogP contribution in [0.1, 0.15) is 19.4 Å². The van der Waals surface area contributed by atoms with Gasteiger partial charge in [0.05, 0.1) is 4.92 Å². The van der Waals surface area contributed by atoms with Gasteiger partial charge in [-0.3, -0.25) is 15.0 Å². The number of hydrogen-bond donors (Lipinski definition) is 1. The highest BCUT2D eigenvalue weighted by Gasteiger charge is 2.22. The lowest BCUT2D eigenvalue weighted by Gasteiger charge is -2.33. The van der Waals surface area contributed by atoms with Crippen molar-refractivity contribution in [2.75, 3.05) is 29.9 Å². The molecule has 1 saturated heterocycles. The Morgan fingerprint density at radius 2 is 2.35 bits per heavy atom. The van der Waals surface area contributed by atoms with Crippen LogP contribution in [0.5, 0.6) is 0 Å². The van der Waals surface area contributed by atoms with Crippen LogP contribution in [0.15, 0.2) is 18.2 Å². The largest absolute Gasteiger partial charge is 0.380 e. The Kier molecular flexibility index (Phi) is 5.25. The van der Waals surface area contributed by atoms with E-state index in [1.165, 1.54) is 0 Å². The minimum atomic E-state index is -0.309. The summed E-state index contributed by atoms with van der Waals surface area (Å²) in [4.78, 5) is 13.2. The topological polar surface area (TPSA) is 58.4 Å². The quantitative estimate of drug-likeness (QED) is 0.668. The smallest absolute Gasteiger partial charge is 0.292 e. The predicted octanol–water partition coefficient (Wildman–Crippen LogP) is 2.96. The van der Waals surface area contributed by atoms with E-state index in [0.717, 1.165) is 30.2 Å². The van der Waals surface area contributed by atoms with E-state index >= 15 is 0 Å². The molecule has 0 radical (unpaired) electrons. The number of nitrogens with zero attached hydrogens (tertiary/aromatic N) is 2. The highest BCUT2D eigenvalue weighted by molar-refractivity contribution is 7.99.